The van der Waals surface area contributed by atoms with Gasteiger partial charge in [0.25, 0.3) is 0 Å². The number of aromatic nitrogens is 2. The average molecular weight is 299 g/mol. The summed E-state index contributed by atoms with van der Waals surface area (Å²) >= 11 is 3.34. The van der Waals surface area contributed by atoms with Crippen molar-refractivity contribution in [2.24, 2.45) is 7.05 Å². The number of hydrogen-bond acceptors (Lipinski definition) is 2. The third-order valence-electron chi connectivity index (χ3n) is 2.58. The number of hydrogen-bond donors (Lipinski definition) is 1. The Hall–Kier alpha value is -1.20. The SMILES string of the molecule is Cn1ccnc1C(O)Cc1cc(F)ccc1Br. The molecule has 0 bridgehead atoms. The summed E-state index contributed by atoms with van der Waals surface area (Å²) < 4.78 is 15.6. The number of nitrogens with zero attached hydrogens (tertiary/aromatic N) is 2. The van der Waals surface area contributed by atoms with Gasteiger partial charge in [0, 0.05) is 30.3 Å². The van der Waals surface area contributed by atoms with Crippen LogP contribution in [0.4, 0.5) is 4.39 Å². The normalized spacial score (nSPS) is 12.7. The van der Waals surface area contributed by atoms with Gasteiger partial charge in [0.2, 0.25) is 0 Å². The van der Waals surface area contributed by atoms with E-state index in [-0.39, 0.29) is 5.82 Å². The van der Waals surface area contributed by atoms with Gasteiger partial charge in [0.05, 0.1) is 0 Å². The first kappa shape index (κ1) is 12.3. The Morgan fingerprint density at radius 1 is 1.53 bits per heavy atom. The first-order chi connectivity index (χ1) is 8.08. The van der Waals surface area contributed by atoms with E-state index >= 15 is 0 Å². The highest BCUT2D eigenvalue weighted by molar-refractivity contribution is 9.10. The first-order valence-electron chi connectivity index (χ1n) is 5.17. The molecule has 0 aliphatic heterocycles. The average Bonchev–Trinajstić information content (AvgIpc) is 2.70. The number of rotatable bonds is 3. The van der Waals surface area contributed by atoms with Crippen molar-refractivity contribution in [2.75, 3.05) is 0 Å². The maximum atomic E-state index is 13.1. The Bertz CT molecular complexity index is 527. The molecule has 0 spiro atoms. The zero-order valence-electron chi connectivity index (χ0n) is 9.27. The van der Waals surface area contributed by atoms with Crippen LogP contribution in [-0.2, 0) is 13.5 Å². The van der Waals surface area contributed by atoms with Gasteiger partial charge in [-0.3, -0.25) is 0 Å². The molecule has 0 radical (unpaired) electrons. The largest absolute Gasteiger partial charge is 0.385 e. The number of aliphatic hydroxyl groups is 1. The van der Waals surface area contributed by atoms with Gasteiger partial charge in [-0.1, -0.05) is 15.9 Å². The molecule has 0 fully saturated rings. The predicted molar refractivity (Wildman–Crippen MR) is 66.0 cm³/mol. The van der Waals surface area contributed by atoms with Crippen LogP contribution >= 0.6 is 15.9 Å². The fraction of sp³-hybridized carbons (Fsp3) is 0.250. The number of aliphatic hydroxyl groups excluding tert-OH is 1. The van der Waals surface area contributed by atoms with Crippen LogP contribution in [0.3, 0.4) is 0 Å². The molecule has 5 heteroatoms. The second-order valence-electron chi connectivity index (χ2n) is 3.85. The monoisotopic (exact) mass is 298 g/mol. The zero-order chi connectivity index (χ0) is 12.4. The second kappa shape index (κ2) is 4.98. The summed E-state index contributed by atoms with van der Waals surface area (Å²) in [6, 6.07) is 4.42. The van der Waals surface area contributed by atoms with Crippen molar-refractivity contribution in [3.8, 4) is 0 Å². The summed E-state index contributed by atoms with van der Waals surface area (Å²) in [6.45, 7) is 0. The quantitative estimate of drug-likeness (QED) is 0.946. The highest BCUT2D eigenvalue weighted by Crippen LogP contribution is 2.23. The van der Waals surface area contributed by atoms with Crippen molar-refractivity contribution < 1.29 is 9.50 Å². The number of benzene rings is 1. The summed E-state index contributed by atoms with van der Waals surface area (Å²) in [5.74, 6) is 0.261. The molecule has 1 aromatic carbocycles. The third kappa shape index (κ3) is 2.73. The van der Waals surface area contributed by atoms with Gasteiger partial charge < -0.3 is 9.67 Å². The van der Waals surface area contributed by atoms with Gasteiger partial charge in [-0.2, -0.15) is 0 Å². The van der Waals surface area contributed by atoms with Crippen LogP contribution in [0.25, 0.3) is 0 Å². The Morgan fingerprint density at radius 2 is 2.29 bits per heavy atom. The van der Waals surface area contributed by atoms with Crippen molar-refractivity contribution in [3.05, 3.63) is 52.3 Å². The van der Waals surface area contributed by atoms with Crippen LogP contribution in [0.1, 0.15) is 17.5 Å². The van der Waals surface area contributed by atoms with Crippen molar-refractivity contribution in [3.63, 3.8) is 0 Å². The Balaban J connectivity index is 2.21. The molecule has 90 valence electrons. The fourth-order valence-electron chi connectivity index (χ4n) is 1.70. The molecule has 1 atom stereocenters. The van der Waals surface area contributed by atoms with Crippen LogP contribution in [-0.4, -0.2) is 14.7 Å². The van der Waals surface area contributed by atoms with E-state index in [9.17, 15) is 9.50 Å². The molecule has 0 saturated carbocycles. The van der Waals surface area contributed by atoms with Crippen molar-refractivity contribution >= 4 is 15.9 Å². The lowest BCUT2D eigenvalue weighted by Gasteiger charge is -2.12. The Kier molecular flexibility index (Phi) is 3.59. The molecule has 0 aliphatic carbocycles. The summed E-state index contributed by atoms with van der Waals surface area (Å²) in [5.41, 5.74) is 0.723. The molecule has 17 heavy (non-hydrogen) atoms. The molecule has 3 nitrogen and oxygen atoms in total. The van der Waals surface area contributed by atoms with E-state index in [2.05, 4.69) is 20.9 Å². The molecule has 1 heterocycles. The van der Waals surface area contributed by atoms with E-state index in [1.54, 1.807) is 23.0 Å². The summed E-state index contributed by atoms with van der Waals surface area (Å²) in [5, 5.41) is 10.0. The standard InChI is InChI=1S/C12H12BrFN2O/c1-16-5-4-15-12(16)11(17)7-8-6-9(14)2-3-10(8)13/h2-6,11,17H,7H2,1H3. The fourth-order valence-corrected chi connectivity index (χ4v) is 2.11. The third-order valence-corrected chi connectivity index (χ3v) is 3.35. The van der Waals surface area contributed by atoms with Crippen LogP contribution in [0.2, 0.25) is 0 Å². The van der Waals surface area contributed by atoms with Gasteiger partial charge in [-0.15, -0.1) is 0 Å². The number of imidazole rings is 1. The molecule has 2 rings (SSSR count). The predicted octanol–water partition coefficient (Wildman–Crippen LogP) is 2.60. The molecule has 2 aromatic rings. The highest BCUT2D eigenvalue weighted by Gasteiger charge is 2.15. The van der Waals surface area contributed by atoms with Gasteiger partial charge in [0.15, 0.2) is 0 Å². The lowest BCUT2D eigenvalue weighted by atomic mass is 10.1. The molecular weight excluding hydrogens is 287 g/mol. The molecule has 1 aromatic heterocycles. The van der Waals surface area contributed by atoms with Crippen LogP contribution in [0.15, 0.2) is 35.1 Å². The minimum absolute atomic E-state index is 0.310. The minimum Gasteiger partial charge on any atom is -0.385 e. The van der Waals surface area contributed by atoms with E-state index in [4.69, 9.17) is 0 Å². The summed E-state index contributed by atoms with van der Waals surface area (Å²) in [4.78, 5) is 4.07. The molecular formula is C12H12BrFN2O. The lowest BCUT2D eigenvalue weighted by Crippen LogP contribution is -2.08. The molecule has 0 saturated heterocycles. The van der Waals surface area contributed by atoms with E-state index in [0.29, 0.717) is 12.2 Å². The Morgan fingerprint density at radius 3 is 2.94 bits per heavy atom. The number of halogens is 2. The van der Waals surface area contributed by atoms with Gasteiger partial charge in [-0.25, -0.2) is 9.37 Å². The van der Waals surface area contributed by atoms with Crippen molar-refractivity contribution in [1.82, 2.24) is 9.55 Å². The van der Waals surface area contributed by atoms with Gasteiger partial charge >= 0.3 is 0 Å². The maximum Gasteiger partial charge on any atom is 0.137 e. The summed E-state index contributed by atoms with van der Waals surface area (Å²) in [6.07, 6.45) is 2.97. The molecule has 0 amide bonds. The molecule has 0 aliphatic rings. The van der Waals surface area contributed by atoms with Crippen LogP contribution < -0.4 is 0 Å². The van der Waals surface area contributed by atoms with Gasteiger partial charge in [0.1, 0.15) is 17.7 Å². The van der Waals surface area contributed by atoms with Crippen LogP contribution in [0, 0.1) is 5.82 Å². The maximum absolute atomic E-state index is 13.1. The molecule has 1 N–H and O–H groups in total. The van der Waals surface area contributed by atoms with Crippen molar-refractivity contribution in [2.45, 2.75) is 12.5 Å². The first-order valence-corrected chi connectivity index (χ1v) is 5.96. The van der Waals surface area contributed by atoms with E-state index in [1.165, 1.54) is 12.1 Å². The van der Waals surface area contributed by atoms with E-state index < -0.39 is 6.10 Å². The summed E-state index contributed by atoms with van der Waals surface area (Å²) in [7, 11) is 1.81. The highest BCUT2D eigenvalue weighted by atomic mass is 79.9. The van der Waals surface area contributed by atoms with Gasteiger partial charge in [-0.05, 0) is 23.8 Å². The number of aryl methyl sites for hydroxylation is 1. The van der Waals surface area contributed by atoms with Crippen molar-refractivity contribution in [1.29, 1.82) is 0 Å². The smallest absolute Gasteiger partial charge is 0.137 e. The Labute approximate surface area is 107 Å². The molecule has 1 unspecified atom stereocenters. The lowest BCUT2D eigenvalue weighted by molar-refractivity contribution is 0.164. The van der Waals surface area contributed by atoms with E-state index in [0.717, 1.165) is 10.0 Å². The second-order valence-corrected chi connectivity index (χ2v) is 4.71. The van der Waals surface area contributed by atoms with E-state index in [1.807, 2.05) is 7.05 Å². The topological polar surface area (TPSA) is 38.0 Å². The van der Waals surface area contributed by atoms with Crippen LogP contribution in [0.5, 0.6) is 0 Å². The minimum atomic E-state index is -0.743. The zero-order valence-corrected chi connectivity index (χ0v) is 10.9.